The maximum atomic E-state index is 12.7. The van der Waals surface area contributed by atoms with Gasteiger partial charge >= 0.3 is 5.97 Å². The molecule has 1 saturated carbocycles. The molecule has 2 fully saturated rings. The molecule has 1 saturated heterocycles. The van der Waals surface area contributed by atoms with Gasteiger partial charge in [-0.25, -0.2) is 0 Å². The summed E-state index contributed by atoms with van der Waals surface area (Å²) in [4.78, 5) is 51.3. The SMILES string of the molecule is Cc1cc(C(=O)COC(=O)CN2C(=O)C3C4C=CC(C4)C3C2=O)c(C)n1CCC(C)C. The number of Topliss-reactive ketones (excluding diaryl/α,β-unsaturated/α-hetero) is 1. The van der Waals surface area contributed by atoms with Gasteiger partial charge in [0.1, 0.15) is 6.54 Å². The Kier molecular flexibility index (Phi) is 5.62. The number of hydrogen-bond donors (Lipinski definition) is 0. The molecule has 2 aliphatic carbocycles. The van der Waals surface area contributed by atoms with E-state index in [0.717, 1.165) is 35.7 Å². The van der Waals surface area contributed by atoms with Crippen molar-refractivity contribution in [3.05, 3.63) is 35.2 Å². The summed E-state index contributed by atoms with van der Waals surface area (Å²) in [6, 6.07) is 1.82. The number of amides is 2. The highest BCUT2D eigenvalue weighted by Gasteiger charge is 2.59. The average molecular weight is 427 g/mol. The molecular weight excluding hydrogens is 396 g/mol. The molecule has 2 bridgehead atoms. The summed E-state index contributed by atoms with van der Waals surface area (Å²) < 4.78 is 7.26. The molecule has 166 valence electrons. The van der Waals surface area contributed by atoms with E-state index in [4.69, 9.17) is 4.74 Å². The number of ether oxygens (including phenoxy) is 1. The zero-order valence-corrected chi connectivity index (χ0v) is 18.6. The molecule has 2 heterocycles. The van der Waals surface area contributed by atoms with Crippen molar-refractivity contribution in [1.82, 2.24) is 9.47 Å². The first-order chi connectivity index (χ1) is 14.7. The van der Waals surface area contributed by atoms with Crippen LogP contribution in [0.25, 0.3) is 0 Å². The van der Waals surface area contributed by atoms with Crippen molar-refractivity contribution in [3.8, 4) is 0 Å². The third kappa shape index (κ3) is 3.75. The van der Waals surface area contributed by atoms with Crippen LogP contribution in [0.2, 0.25) is 0 Å². The zero-order chi connectivity index (χ0) is 22.4. The van der Waals surface area contributed by atoms with E-state index >= 15 is 0 Å². The fourth-order valence-electron chi connectivity index (χ4n) is 5.33. The molecule has 31 heavy (non-hydrogen) atoms. The van der Waals surface area contributed by atoms with Crippen LogP contribution in [0.3, 0.4) is 0 Å². The molecule has 0 radical (unpaired) electrons. The molecule has 4 rings (SSSR count). The van der Waals surface area contributed by atoms with E-state index in [9.17, 15) is 19.2 Å². The molecule has 1 aromatic heterocycles. The standard InChI is InChI=1S/C24H30N2O5/c1-13(2)7-8-25-14(3)9-18(15(25)4)19(27)12-31-20(28)11-26-23(29)21-16-5-6-17(10-16)22(21)24(26)30/h5-6,9,13,16-17,21-22H,7-8,10-12H2,1-4H3. The number of allylic oxidation sites excluding steroid dienone is 2. The van der Waals surface area contributed by atoms with E-state index in [1.165, 1.54) is 0 Å². The summed E-state index contributed by atoms with van der Waals surface area (Å²) in [5, 5.41) is 0. The van der Waals surface area contributed by atoms with Crippen LogP contribution in [0.1, 0.15) is 48.4 Å². The third-order valence-electron chi connectivity index (χ3n) is 7.02. The molecule has 0 spiro atoms. The van der Waals surface area contributed by atoms with Crippen LogP contribution >= 0.6 is 0 Å². The Balaban J connectivity index is 1.33. The molecule has 2 amide bonds. The summed E-state index contributed by atoms with van der Waals surface area (Å²) in [6.45, 7) is 8.17. The van der Waals surface area contributed by atoms with Crippen molar-refractivity contribution in [2.75, 3.05) is 13.2 Å². The number of aryl methyl sites for hydroxylation is 1. The van der Waals surface area contributed by atoms with E-state index in [1.54, 1.807) is 0 Å². The van der Waals surface area contributed by atoms with E-state index in [2.05, 4.69) is 18.4 Å². The highest BCUT2D eigenvalue weighted by molar-refractivity contribution is 6.08. The van der Waals surface area contributed by atoms with E-state index in [0.29, 0.717) is 11.5 Å². The fourth-order valence-corrected chi connectivity index (χ4v) is 5.33. The molecule has 7 nitrogen and oxygen atoms in total. The minimum Gasteiger partial charge on any atom is -0.456 e. The molecule has 7 heteroatoms. The largest absolute Gasteiger partial charge is 0.456 e. The lowest BCUT2D eigenvalue weighted by Crippen LogP contribution is -2.38. The predicted octanol–water partition coefficient (Wildman–Crippen LogP) is 2.68. The predicted molar refractivity (Wildman–Crippen MR) is 113 cm³/mol. The number of carbonyl (C=O) groups excluding carboxylic acids is 4. The molecule has 3 aliphatic rings. The second-order valence-electron chi connectivity index (χ2n) is 9.47. The van der Waals surface area contributed by atoms with E-state index < -0.39 is 19.1 Å². The van der Waals surface area contributed by atoms with Crippen LogP contribution in [-0.4, -0.2) is 46.2 Å². The van der Waals surface area contributed by atoms with Crippen molar-refractivity contribution in [2.45, 2.75) is 47.1 Å². The molecular formula is C24H30N2O5. The number of ketones is 1. The number of carbonyl (C=O) groups is 4. The van der Waals surface area contributed by atoms with Crippen molar-refractivity contribution in [1.29, 1.82) is 0 Å². The first kappa shape index (κ1) is 21.5. The molecule has 0 aromatic carbocycles. The van der Waals surface area contributed by atoms with Gasteiger partial charge in [-0.3, -0.25) is 24.1 Å². The van der Waals surface area contributed by atoms with Gasteiger partial charge in [0.05, 0.1) is 11.8 Å². The van der Waals surface area contributed by atoms with Crippen LogP contribution in [0, 0.1) is 43.4 Å². The number of fused-ring (bicyclic) bond motifs is 5. The number of hydrogen-bond acceptors (Lipinski definition) is 5. The van der Waals surface area contributed by atoms with Crippen LogP contribution < -0.4 is 0 Å². The summed E-state index contributed by atoms with van der Waals surface area (Å²) in [5.74, 6) is -1.52. The van der Waals surface area contributed by atoms with Gasteiger partial charge in [0.15, 0.2) is 6.61 Å². The van der Waals surface area contributed by atoms with Gasteiger partial charge in [0.2, 0.25) is 17.6 Å². The van der Waals surface area contributed by atoms with Crippen LogP contribution in [0.4, 0.5) is 0 Å². The summed E-state index contributed by atoms with van der Waals surface area (Å²) in [7, 11) is 0. The Morgan fingerprint density at radius 3 is 2.29 bits per heavy atom. The van der Waals surface area contributed by atoms with Crippen molar-refractivity contribution >= 4 is 23.6 Å². The second kappa shape index (κ2) is 8.09. The van der Waals surface area contributed by atoms with Crippen LogP contribution in [0.15, 0.2) is 18.2 Å². The van der Waals surface area contributed by atoms with Gasteiger partial charge in [-0.15, -0.1) is 0 Å². The lowest BCUT2D eigenvalue weighted by Gasteiger charge is -2.16. The second-order valence-corrected chi connectivity index (χ2v) is 9.47. The Labute approximate surface area is 182 Å². The summed E-state index contributed by atoms with van der Waals surface area (Å²) in [5.41, 5.74) is 2.40. The van der Waals surface area contributed by atoms with Gasteiger partial charge in [0, 0.05) is 23.5 Å². The average Bonchev–Trinajstić information content (AvgIpc) is 3.45. The molecule has 1 aliphatic heterocycles. The monoisotopic (exact) mass is 426 g/mol. The quantitative estimate of drug-likeness (QED) is 0.276. The van der Waals surface area contributed by atoms with Crippen molar-refractivity contribution in [2.24, 2.45) is 29.6 Å². The molecule has 0 N–H and O–H groups in total. The fraction of sp³-hybridized carbons (Fsp3) is 0.583. The highest BCUT2D eigenvalue weighted by atomic mass is 16.5. The number of esters is 1. The van der Waals surface area contributed by atoms with Crippen molar-refractivity contribution in [3.63, 3.8) is 0 Å². The van der Waals surface area contributed by atoms with E-state index in [1.807, 2.05) is 32.1 Å². The van der Waals surface area contributed by atoms with Gasteiger partial charge in [-0.05, 0) is 50.5 Å². The highest BCUT2D eigenvalue weighted by Crippen LogP contribution is 2.52. The van der Waals surface area contributed by atoms with Crippen LogP contribution in [-0.2, 0) is 25.7 Å². The first-order valence-electron chi connectivity index (χ1n) is 11.1. The van der Waals surface area contributed by atoms with Gasteiger partial charge in [0.25, 0.3) is 0 Å². The number of imide groups is 1. The Morgan fingerprint density at radius 1 is 1.10 bits per heavy atom. The molecule has 4 atom stereocenters. The topological polar surface area (TPSA) is 85.7 Å². The first-order valence-corrected chi connectivity index (χ1v) is 11.1. The Bertz CT molecular complexity index is 943. The normalized spacial score (nSPS) is 26.3. The minimum atomic E-state index is -0.732. The number of rotatable bonds is 8. The smallest absolute Gasteiger partial charge is 0.326 e. The Hall–Kier alpha value is -2.70. The van der Waals surface area contributed by atoms with Crippen molar-refractivity contribution < 1.29 is 23.9 Å². The van der Waals surface area contributed by atoms with E-state index in [-0.39, 0.29) is 41.3 Å². The molecule has 4 unspecified atom stereocenters. The number of aromatic nitrogens is 1. The Morgan fingerprint density at radius 2 is 1.71 bits per heavy atom. The zero-order valence-electron chi connectivity index (χ0n) is 18.6. The minimum absolute atomic E-state index is 0.0972. The van der Waals surface area contributed by atoms with Gasteiger partial charge < -0.3 is 9.30 Å². The lowest BCUT2D eigenvalue weighted by molar-refractivity contribution is -0.152. The lowest BCUT2D eigenvalue weighted by atomic mass is 9.85. The van der Waals surface area contributed by atoms with Crippen LogP contribution in [0.5, 0.6) is 0 Å². The summed E-state index contributed by atoms with van der Waals surface area (Å²) in [6.07, 6.45) is 5.87. The number of nitrogens with zero attached hydrogens (tertiary/aromatic N) is 2. The maximum absolute atomic E-state index is 12.7. The number of likely N-dealkylation sites (tertiary alicyclic amines) is 1. The summed E-state index contributed by atoms with van der Waals surface area (Å²) >= 11 is 0. The third-order valence-corrected chi connectivity index (χ3v) is 7.02. The molecule has 1 aromatic rings. The van der Waals surface area contributed by atoms with Gasteiger partial charge in [-0.1, -0.05) is 26.0 Å². The maximum Gasteiger partial charge on any atom is 0.326 e. The van der Waals surface area contributed by atoms with Gasteiger partial charge in [-0.2, -0.15) is 0 Å².